The third kappa shape index (κ3) is 4.82. The number of halogens is 3. The molecule has 0 saturated heterocycles. The van der Waals surface area contributed by atoms with Crippen LogP contribution >= 0.6 is 0 Å². The van der Waals surface area contributed by atoms with Crippen LogP contribution in [0.2, 0.25) is 0 Å². The van der Waals surface area contributed by atoms with E-state index in [2.05, 4.69) is 5.32 Å². The summed E-state index contributed by atoms with van der Waals surface area (Å²) in [4.78, 5) is 0.152. The predicted octanol–water partition coefficient (Wildman–Crippen LogP) is 4.22. The van der Waals surface area contributed by atoms with Gasteiger partial charge in [-0.1, -0.05) is 12.1 Å². The summed E-state index contributed by atoms with van der Waals surface area (Å²) in [6, 6.07) is 10.6. The molecule has 0 spiro atoms. The molecule has 2 aromatic carbocycles. The lowest BCUT2D eigenvalue weighted by Gasteiger charge is -2.21. The molecule has 0 fully saturated rings. The first-order valence-corrected chi connectivity index (χ1v) is 9.83. The smallest absolute Gasteiger partial charge is 0.380 e. The highest BCUT2D eigenvalue weighted by Crippen LogP contribution is 2.31. The maximum atomic E-state index is 12.7. The maximum absolute atomic E-state index is 12.7. The number of sulfonamides is 1. The van der Waals surface area contributed by atoms with Crippen LogP contribution in [0.1, 0.15) is 30.5 Å². The quantitative estimate of drug-likeness (QED) is 0.773. The highest BCUT2D eigenvalue weighted by Gasteiger charge is 2.31. The lowest BCUT2D eigenvalue weighted by Crippen LogP contribution is -2.33. The fraction of sp³-hybridized carbons (Fsp3) is 0.316. The van der Waals surface area contributed by atoms with Gasteiger partial charge in [0.25, 0.3) is 0 Å². The monoisotopic (exact) mass is 411 g/mol. The van der Waals surface area contributed by atoms with Crippen molar-refractivity contribution < 1.29 is 21.6 Å². The highest BCUT2D eigenvalue weighted by molar-refractivity contribution is 7.89. The van der Waals surface area contributed by atoms with Crippen molar-refractivity contribution in [3.8, 4) is 6.07 Å². The normalized spacial score (nSPS) is 12.2. The lowest BCUT2D eigenvalue weighted by atomic mass is 10.1. The van der Waals surface area contributed by atoms with E-state index >= 15 is 0 Å². The van der Waals surface area contributed by atoms with Crippen molar-refractivity contribution >= 4 is 15.7 Å². The molecule has 2 rings (SSSR count). The second kappa shape index (κ2) is 8.20. The van der Waals surface area contributed by atoms with Gasteiger partial charge in [0.15, 0.2) is 0 Å². The minimum absolute atomic E-state index is 0.118. The zero-order valence-electron chi connectivity index (χ0n) is 15.6. The summed E-state index contributed by atoms with van der Waals surface area (Å²) in [6.45, 7) is 3.76. The number of benzene rings is 2. The molecule has 0 aliphatic carbocycles. The van der Waals surface area contributed by atoms with E-state index in [1.165, 1.54) is 29.6 Å². The van der Waals surface area contributed by atoms with Gasteiger partial charge in [-0.2, -0.15) is 22.7 Å². The molecule has 0 saturated carbocycles. The molecular weight excluding hydrogens is 391 g/mol. The SMILES string of the molecule is CC(C)N(C)S(=O)(=O)c1ccc(CNc2ccc(C(F)(F)F)cc2C#N)cc1. The lowest BCUT2D eigenvalue weighted by molar-refractivity contribution is -0.137. The number of alkyl halides is 3. The Balaban J connectivity index is 2.15. The van der Waals surface area contributed by atoms with Crippen molar-refractivity contribution in [2.45, 2.75) is 37.5 Å². The number of nitriles is 1. The van der Waals surface area contributed by atoms with Crippen LogP contribution in [-0.2, 0) is 22.7 Å². The van der Waals surface area contributed by atoms with Gasteiger partial charge in [-0.15, -0.1) is 0 Å². The Bertz CT molecular complexity index is 979. The van der Waals surface area contributed by atoms with Crippen molar-refractivity contribution in [2.75, 3.05) is 12.4 Å². The second-order valence-electron chi connectivity index (χ2n) is 6.48. The molecule has 9 heteroatoms. The molecule has 0 radical (unpaired) electrons. The third-order valence-corrected chi connectivity index (χ3v) is 6.33. The molecule has 0 unspecified atom stereocenters. The molecule has 0 atom stereocenters. The minimum Gasteiger partial charge on any atom is -0.380 e. The van der Waals surface area contributed by atoms with Crippen LogP contribution in [0.3, 0.4) is 0 Å². The largest absolute Gasteiger partial charge is 0.416 e. The van der Waals surface area contributed by atoms with Crippen molar-refractivity contribution in [3.05, 3.63) is 59.2 Å². The zero-order chi connectivity index (χ0) is 21.1. The topological polar surface area (TPSA) is 73.2 Å². The van der Waals surface area contributed by atoms with Crippen LogP contribution in [0, 0.1) is 11.3 Å². The number of nitrogens with one attached hydrogen (secondary N) is 1. The van der Waals surface area contributed by atoms with E-state index in [4.69, 9.17) is 5.26 Å². The van der Waals surface area contributed by atoms with Gasteiger partial charge in [-0.25, -0.2) is 8.42 Å². The Hall–Kier alpha value is -2.57. The number of nitrogens with zero attached hydrogens (tertiary/aromatic N) is 2. The minimum atomic E-state index is -4.52. The summed E-state index contributed by atoms with van der Waals surface area (Å²) >= 11 is 0. The van der Waals surface area contributed by atoms with Crippen LogP contribution in [-0.4, -0.2) is 25.8 Å². The molecule has 5 nitrogen and oxygen atoms in total. The van der Waals surface area contributed by atoms with Crippen molar-refractivity contribution in [1.82, 2.24) is 4.31 Å². The number of anilines is 1. The van der Waals surface area contributed by atoms with Gasteiger partial charge in [0, 0.05) is 19.6 Å². The van der Waals surface area contributed by atoms with E-state index < -0.39 is 21.8 Å². The molecule has 0 heterocycles. The van der Waals surface area contributed by atoms with E-state index in [0.29, 0.717) is 0 Å². The fourth-order valence-corrected chi connectivity index (χ4v) is 3.76. The summed E-state index contributed by atoms with van der Waals surface area (Å²) in [5.41, 5.74) is -0.0207. The van der Waals surface area contributed by atoms with Crippen LogP contribution < -0.4 is 5.32 Å². The molecule has 0 amide bonds. The van der Waals surface area contributed by atoms with Crippen molar-refractivity contribution in [1.29, 1.82) is 5.26 Å². The van der Waals surface area contributed by atoms with Gasteiger partial charge < -0.3 is 5.32 Å². The second-order valence-corrected chi connectivity index (χ2v) is 8.48. The van der Waals surface area contributed by atoms with E-state index in [9.17, 15) is 21.6 Å². The van der Waals surface area contributed by atoms with Crippen LogP contribution in [0.15, 0.2) is 47.4 Å². The third-order valence-electron chi connectivity index (χ3n) is 4.28. The van der Waals surface area contributed by atoms with Gasteiger partial charge in [-0.05, 0) is 49.7 Å². The Morgan fingerprint density at radius 3 is 2.25 bits per heavy atom. The first-order valence-electron chi connectivity index (χ1n) is 8.39. The van der Waals surface area contributed by atoms with Gasteiger partial charge >= 0.3 is 6.18 Å². The van der Waals surface area contributed by atoms with Gasteiger partial charge in [0.1, 0.15) is 6.07 Å². The molecule has 150 valence electrons. The molecule has 28 heavy (non-hydrogen) atoms. The van der Waals surface area contributed by atoms with Gasteiger partial charge in [-0.3, -0.25) is 0 Å². The van der Waals surface area contributed by atoms with E-state index in [0.717, 1.165) is 17.7 Å². The van der Waals surface area contributed by atoms with Crippen molar-refractivity contribution in [2.24, 2.45) is 0 Å². The first-order chi connectivity index (χ1) is 13.0. The van der Waals surface area contributed by atoms with Gasteiger partial charge in [0.2, 0.25) is 10.0 Å². The molecule has 0 aliphatic heterocycles. The van der Waals surface area contributed by atoms with E-state index in [1.807, 2.05) is 0 Å². The molecule has 0 aromatic heterocycles. The van der Waals surface area contributed by atoms with Crippen molar-refractivity contribution in [3.63, 3.8) is 0 Å². The summed E-state index contributed by atoms with van der Waals surface area (Å²) in [7, 11) is -2.08. The predicted molar refractivity (Wildman–Crippen MR) is 100 cm³/mol. The first kappa shape index (κ1) is 21.7. The van der Waals surface area contributed by atoms with Crippen LogP contribution in [0.5, 0.6) is 0 Å². The molecule has 2 aromatic rings. The summed E-state index contributed by atoms with van der Waals surface area (Å²) in [6.07, 6.45) is -4.52. The Morgan fingerprint density at radius 1 is 1.14 bits per heavy atom. The van der Waals surface area contributed by atoms with E-state index in [-0.39, 0.29) is 28.7 Å². The number of hydrogen-bond acceptors (Lipinski definition) is 4. The fourth-order valence-electron chi connectivity index (χ4n) is 2.39. The van der Waals surface area contributed by atoms with Gasteiger partial charge in [0.05, 0.1) is 21.7 Å². The Labute approximate surface area is 162 Å². The number of hydrogen-bond donors (Lipinski definition) is 1. The average Bonchev–Trinajstić information content (AvgIpc) is 2.65. The summed E-state index contributed by atoms with van der Waals surface area (Å²) in [5.74, 6) is 0. The highest BCUT2D eigenvalue weighted by atomic mass is 32.2. The summed E-state index contributed by atoms with van der Waals surface area (Å²) < 4.78 is 64.4. The molecular formula is C19H20F3N3O2S. The maximum Gasteiger partial charge on any atom is 0.416 e. The van der Waals surface area contributed by atoms with Crippen LogP contribution in [0.25, 0.3) is 0 Å². The standard InChI is InChI=1S/C19H20F3N3O2S/c1-13(2)25(3)28(26,27)17-7-4-14(5-8-17)12-24-18-9-6-16(19(20,21)22)10-15(18)11-23/h4-10,13,24H,12H2,1-3H3. The molecule has 0 aliphatic rings. The average molecular weight is 411 g/mol. The van der Waals surface area contributed by atoms with Crippen LogP contribution in [0.4, 0.5) is 18.9 Å². The molecule has 1 N–H and O–H groups in total. The summed E-state index contributed by atoms with van der Waals surface area (Å²) in [5, 5.41) is 12.0. The number of rotatable bonds is 6. The van der Waals surface area contributed by atoms with E-state index in [1.54, 1.807) is 32.0 Å². The zero-order valence-corrected chi connectivity index (χ0v) is 16.4. The Kier molecular flexibility index (Phi) is 6.37. The molecule has 0 bridgehead atoms. The Morgan fingerprint density at radius 2 is 1.75 bits per heavy atom.